The molecule has 2 N–H and O–H groups in total. The maximum atomic E-state index is 12.2. The standard InChI is InChI=1S/C17H23N3O3/c21-16(19-11-14-6-3-9-23-14)12-7-8-18-15(10-12)17(22)20-13-4-1-2-5-13/h7-8,10,13-14H,1-6,9,11H2,(H,19,21)(H,20,22). The molecule has 2 heterocycles. The Kier molecular flexibility index (Phi) is 5.23. The Labute approximate surface area is 136 Å². The van der Waals surface area contributed by atoms with Gasteiger partial charge in [0, 0.05) is 31.0 Å². The number of hydrogen-bond acceptors (Lipinski definition) is 4. The first kappa shape index (κ1) is 15.9. The molecule has 1 aliphatic carbocycles. The molecule has 1 saturated heterocycles. The summed E-state index contributed by atoms with van der Waals surface area (Å²) in [5.41, 5.74) is 0.747. The van der Waals surface area contributed by atoms with Crippen LogP contribution in [0.5, 0.6) is 0 Å². The fourth-order valence-corrected chi connectivity index (χ4v) is 3.14. The van der Waals surface area contributed by atoms with Gasteiger partial charge in [0.25, 0.3) is 11.8 Å². The fourth-order valence-electron chi connectivity index (χ4n) is 3.14. The molecule has 2 amide bonds. The van der Waals surface area contributed by atoms with Crippen LogP contribution in [0.3, 0.4) is 0 Å². The Hall–Kier alpha value is -1.95. The lowest BCUT2D eigenvalue weighted by Gasteiger charge is -2.13. The Morgan fingerprint density at radius 3 is 2.74 bits per heavy atom. The van der Waals surface area contributed by atoms with Crippen LogP contribution in [0.15, 0.2) is 18.3 Å². The third-order valence-corrected chi connectivity index (χ3v) is 4.46. The molecule has 1 aliphatic heterocycles. The van der Waals surface area contributed by atoms with Gasteiger partial charge in [0.1, 0.15) is 5.69 Å². The van der Waals surface area contributed by atoms with E-state index in [1.54, 1.807) is 12.1 Å². The molecular formula is C17H23N3O3. The topological polar surface area (TPSA) is 80.3 Å². The van der Waals surface area contributed by atoms with E-state index in [1.807, 2.05) is 0 Å². The number of hydrogen-bond donors (Lipinski definition) is 2. The van der Waals surface area contributed by atoms with E-state index < -0.39 is 0 Å². The van der Waals surface area contributed by atoms with Crippen LogP contribution in [0, 0.1) is 0 Å². The van der Waals surface area contributed by atoms with Crippen molar-refractivity contribution in [1.82, 2.24) is 15.6 Å². The van der Waals surface area contributed by atoms with Crippen molar-refractivity contribution in [2.45, 2.75) is 50.7 Å². The predicted molar refractivity (Wildman–Crippen MR) is 85.3 cm³/mol. The van der Waals surface area contributed by atoms with E-state index in [4.69, 9.17) is 4.74 Å². The van der Waals surface area contributed by atoms with Gasteiger partial charge in [-0.25, -0.2) is 0 Å². The first-order valence-electron chi connectivity index (χ1n) is 8.39. The maximum absolute atomic E-state index is 12.2. The monoisotopic (exact) mass is 317 g/mol. The molecule has 0 spiro atoms. The first-order chi connectivity index (χ1) is 11.2. The number of ether oxygens (including phenoxy) is 1. The van der Waals surface area contributed by atoms with Crippen LogP contribution < -0.4 is 10.6 Å². The summed E-state index contributed by atoms with van der Waals surface area (Å²) in [5.74, 6) is -0.400. The SMILES string of the molecule is O=C(NCC1CCCO1)c1ccnc(C(=O)NC2CCCC2)c1. The van der Waals surface area contributed by atoms with E-state index in [0.29, 0.717) is 17.8 Å². The van der Waals surface area contributed by atoms with Gasteiger partial charge in [-0.1, -0.05) is 12.8 Å². The zero-order valence-electron chi connectivity index (χ0n) is 13.2. The van der Waals surface area contributed by atoms with Crippen molar-refractivity contribution in [3.05, 3.63) is 29.6 Å². The van der Waals surface area contributed by atoms with Crippen molar-refractivity contribution in [3.8, 4) is 0 Å². The van der Waals surface area contributed by atoms with Crippen LogP contribution in [-0.4, -0.2) is 42.1 Å². The first-order valence-corrected chi connectivity index (χ1v) is 8.39. The number of carbonyl (C=O) groups excluding carboxylic acids is 2. The molecule has 1 saturated carbocycles. The van der Waals surface area contributed by atoms with E-state index in [1.165, 1.54) is 6.20 Å². The van der Waals surface area contributed by atoms with Crippen molar-refractivity contribution in [2.75, 3.05) is 13.2 Å². The second kappa shape index (κ2) is 7.55. The fraction of sp³-hybridized carbons (Fsp3) is 0.588. The molecule has 6 nitrogen and oxygen atoms in total. The molecule has 23 heavy (non-hydrogen) atoms. The number of amides is 2. The largest absolute Gasteiger partial charge is 0.376 e. The number of pyridine rings is 1. The quantitative estimate of drug-likeness (QED) is 0.865. The number of aromatic nitrogens is 1. The van der Waals surface area contributed by atoms with Crippen LogP contribution in [0.25, 0.3) is 0 Å². The normalized spacial score (nSPS) is 21.3. The summed E-state index contributed by atoms with van der Waals surface area (Å²) in [6, 6.07) is 3.41. The average molecular weight is 317 g/mol. The highest BCUT2D eigenvalue weighted by Crippen LogP contribution is 2.18. The van der Waals surface area contributed by atoms with Crippen molar-refractivity contribution in [1.29, 1.82) is 0 Å². The van der Waals surface area contributed by atoms with Gasteiger partial charge in [-0.05, 0) is 37.8 Å². The number of rotatable bonds is 5. The third-order valence-electron chi connectivity index (χ3n) is 4.46. The molecule has 1 unspecified atom stereocenters. The molecule has 1 aromatic rings. The lowest BCUT2D eigenvalue weighted by molar-refractivity contribution is 0.0857. The minimum Gasteiger partial charge on any atom is -0.376 e. The van der Waals surface area contributed by atoms with Crippen LogP contribution in [0.2, 0.25) is 0 Å². The minimum atomic E-state index is -0.203. The van der Waals surface area contributed by atoms with Gasteiger partial charge in [0.05, 0.1) is 6.10 Å². The second-order valence-electron chi connectivity index (χ2n) is 6.23. The van der Waals surface area contributed by atoms with Gasteiger partial charge >= 0.3 is 0 Å². The van der Waals surface area contributed by atoms with Gasteiger partial charge in [0.15, 0.2) is 0 Å². The van der Waals surface area contributed by atoms with Gasteiger partial charge in [-0.3, -0.25) is 14.6 Å². The van der Waals surface area contributed by atoms with Crippen LogP contribution in [0.4, 0.5) is 0 Å². The molecular weight excluding hydrogens is 294 g/mol. The number of carbonyl (C=O) groups is 2. The molecule has 1 aromatic heterocycles. The highest BCUT2D eigenvalue weighted by atomic mass is 16.5. The number of nitrogens with zero attached hydrogens (tertiary/aromatic N) is 1. The highest BCUT2D eigenvalue weighted by Gasteiger charge is 2.20. The zero-order valence-corrected chi connectivity index (χ0v) is 13.2. The van der Waals surface area contributed by atoms with E-state index in [9.17, 15) is 9.59 Å². The average Bonchev–Trinajstić information content (AvgIpc) is 3.26. The number of nitrogens with one attached hydrogen (secondary N) is 2. The molecule has 124 valence electrons. The van der Waals surface area contributed by atoms with E-state index in [2.05, 4.69) is 15.6 Å². The maximum Gasteiger partial charge on any atom is 0.270 e. The van der Waals surface area contributed by atoms with E-state index in [-0.39, 0.29) is 24.0 Å². The van der Waals surface area contributed by atoms with Crippen molar-refractivity contribution >= 4 is 11.8 Å². The van der Waals surface area contributed by atoms with Crippen LogP contribution in [0.1, 0.15) is 59.4 Å². The van der Waals surface area contributed by atoms with Gasteiger partial charge < -0.3 is 15.4 Å². The smallest absolute Gasteiger partial charge is 0.270 e. The molecule has 0 aromatic carbocycles. The van der Waals surface area contributed by atoms with Crippen molar-refractivity contribution < 1.29 is 14.3 Å². The summed E-state index contributed by atoms with van der Waals surface area (Å²) in [4.78, 5) is 28.5. The van der Waals surface area contributed by atoms with Crippen LogP contribution >= 0.6 is 0 Å². The summed E-state index contributed by atoms with van der Waals surface area (Å²) >= 11 is 0. The van der Waals surface area contributed by atoms with Gasteiger partial charge in [-0.15, -0.1) is 0 Å². The van der Waals surface area contributed by atoms with E-state index in [0.717, 1.165) is 45.1 Å². The summed E-state index contributed by atoms with van der Waals surface area (Å²) in [7, 11) is 0. The van der Waals surface area contributed by atoms with Crippen molar-refractivity contribution in [3.63, 3.8) is 0 Å². The molecule has 6 heteroatoms. The Morgan fingerprint density at radius 2 is 2.00 bits per heavy atom. The van der Waals surface area contributed by atoms with Crippen molar-refractivity contribution in [2.24, 2.45) is 0 Å². The van der Waals surface area contributed by atoms with Gasteiger partial charge in [0.2, 0.25) is 0 Å². The molecule has 1 atom stereocenters. The predicted octanol–water partition coefficient (Wildman–Crippen LogP) is 1.66. The molecule has 2 fully saturated rings. The van der Waals surface area contributed by atoms with E-state index >= 15 is 0 Å². The third kappa shape index (κ3) is 4.28. The Morgan fingerprint density at radius 1 is 1.17 bits per heavy atom. The van der Waals surface area contributed by atoms with Crippen LogP contribution in [-0.2, 0) is 4.74 Å². The minimum absolute atomic E-state index is 0.103. The molecule has 0 radical (unpaired) electrons. The molecule has 2 aliphatic rings. The zero-order chi connectivity index (χ0) is 16.1. The second-order valence-corrected chi connectivity index (χ2v) is 6.23. The Balaban J connectivity index is 1.57. The lowest BCUT2D eigenvalue weighted by Crippen LogP contribution is -2.34. The summed E-state index contributed by atoms with van der Waals surface area (Å²) < 4.78 is 5.48. The lowest BCUT2D eigenvalue weighted by atomic mass is 10.2. The summed E-state index contributed by atoms with van der Waals surface area (Å²) in [6.07, 6.45) is 7.98. The summed E-state index contributed by atoms with van der Waals surface area (Å²) in [5, 5.41) is 5.84. The van der Waals surface area contributed by atoms with Gasteiger partial charge in [-0.2, -0.15) is 0 Å². The summed E-state index contributed by atoms with van der Waals surface area (Å²) in [6.45, 7) is 1.27. The highest BCUT2D eigenvalue weighted by molar-refractivity contribution is 5.98. The molecule has 3 rings (SSSR count). The Bertz CT molecular complexity index is 564. The molecule has 0 bridgehead atoms.